The molecule has 0 saturated carbocycles. The van der Waals surface area contributed by atoms with Crippen molar-refractivity contribution in [2.45, 2.75) is 44.3 Å². The maximum absolute atomic E-state index is 5.45. The van der Waals surface area contributed by atoms with Gasteiger partial charge in [0.25, 0.3) is 0 Å². The molecule has 1 N–H and O–H groups in total. The van der Waals surface area contributed by atoms with Gasteiger partial charge >= 0.3 is 0 Å². The quantitative estimate of drug-likeness (QED) is 0.909. The SMILES string of the molecule is c1ccc(CNC2CCN(C3CCOCC3)CC2)nc1. The summed E-state index contributed by atoms with van der Waals surface area (Å²) in [6.45, 7) is 5.24. The maximum Gasteiger partial charge on any atom is 0.0541 e. The van der Waals surface area contributed by atoms with Crippen LogP contribution in [0.5, 0.6) is 0 Å². The van der Waals surface area contributed by atoms with Crippen molar-refractivity contribution in [2.75, 3.05) is 26.3 Å². The molecule has 110 valence electrons. The van der Waals surface area contributed by atoms with Crippen LogP contribution in [0.4, 0.5) is 0 Å². The molecule has 4 heteroatoms. The number of hydrogen-bond acceptors (Lipinski definition) is 4. The number of nitrogens with zero attached hydrogens (tertiary/aromatic N) is 2. The molecule has 2 aliphatic rings. The van der Waals surface area contributed by atoms with E-state index in [-0.39, 0.29) is 0 Å². The number of hydrogen-bond donors (Lipinski definition) is 1. The van der Waals surface area contributed by atoms with E-state index in [4.69, 9.17) is 4.74 Å². The van der Waals surface area contributed by atoms with Crippen LogP contribution in [0.2, 0.25) is 0 Å². The molecule has 20 heavy (non-hydrogen) atoms. The third-order valence-electron chi connectivity index (χ3n) is 4.53. The Morgan fingerprint density at radius 3 is 2.65 bits per heavy atom. The molecule has 0 spiro atoms. The molecule has 1 aromatic rings. The summed E-state index contributed by atoms with van der Waals surface area (Å²) in [7, 11) is 0. The minimum Gasteiger partial charge on any atom is -0.381 e. The molecule has 1 aromatic heterocycles. The van der Waals surface area contributed by atoms with Crippen molar-refractivity contribution in [2.24, 2.45) is 0 Å². The molecule has 0 bridgehead atoms. The first-order chi connectivity index (χ1) is 9.92. The van der Waals surface area contributed by atoms with Gasteiger partial charge in [-0.15, -0.1) is 0 Å². The first-order valence-corrected chi connectivity index (χ1v) is 7.87. The van der Waals surface area contributed by atoms with Gasteiger partial charge < -0.3 is 15.0 Å². The Kier molecular flexibility index (Phi) is 5.01. The van der Waals surface area contributed by atoms with Crippen molar-refractivity contribution in [3.05, 3.63) is 30.1 Å². The molecule has 2 aliphatic heterocycles. The molecule has 0 radical (unpaired) electrons. The van der Waals surface area contributed by atoms with E-state index in [0.717, 1.165) is 31.5 Å². The van der Waals surface area contributed by atoms with Crippen LogP contribution in [0.25, 0.3) is 0 Å². The summed E-state index contributed by atoms with van der Waals surface area (Å²) in [6.07, 6.45) is 6.80. The van der Waals surface area contributed by atoms with E-state index in [1.807, 2.05) is 12.3 Å². The first-order valence-electron chi connectivity index (χ1n) is 7.87. The minimum absolute atomic E-state index is 0.646. The van der Waals surface area contributed by atoms with Crippen LogP contribution in [0.3, 0.4) is 0 Å². The highest BCUT2D eigenvalue weighted by Crippen LogP contribution is 2.20. The van der Waals surface area contributed by atoms with Crippen LogP contribution in [0.1, 0.15) is 31.4 Å². The standard InChI is InChI=1S/C16H25N3O/c1-2-8-17-15(3-1)13-18-14-4-9-19(10-5-14)16-6-11-20-12-7-16/h1-3,8,14,16,18H,4-7,9-13H2. The van der Waals surface area contributed by atoms with Crippen LogP contribution < -0.4 is 5.32 Å². The number of pyridine rings is 1. The number of ether oxygens (including phenoxy) is 1. The largest absolute Gasteiger partial charge is 0.381 e. The third kappa shape index (κ3) is 3.78. The van der Waals surface area contributed by atoms with Gasteiger partial charge in [0, 0.05) is 38.0 Å². The smallest absolute Gasteiger partial charge is 0.0541 e. The predicted molar refractivity (Wildman–Crippen MR) is 79.5 cm³/mol. The van der Waals surface area contributed by atoms with Crippen molar-refractivity contribution in [3.63, 3.8) is 0 Å². The molecule has 0 amide bonds. The van der Waals surface area contributed by atoms with Gasteiger partial charge in [0.2, 0.25) is 0 Å². The minimum atomic E-state index is 0.646. The van der Waals surface area contributed by atoms with Gasteiger partial charge in [0.15, 0.2) is 0 Å². The molecule has 3 heterocycles. The lowest BCUT2D eigenvalue weighted by molar-refractivity contribution is 0.0238. The van der Waals surface area contributed by atoms with Gasteiger partial charge in [0.05, 0.1) is 5.69 Å². The van der Waals surface area contributed by atoms with Gasteiger partial charge in [-0.2, -0.15) is 0 Å². The van der Waals surface area contributed by atoms with E-state index in [1.165, 1.54) is 38.8 Å². The van der Waals surface area contributed by atoms with Crippen LogP contribution in [0.15, 0.2) is 24.4 Å². The van der Waals surface area contributed by atoms with Crippen molar-refractivity contribution >= 4 is 0 Å². The molecule has 3 rings (SSSR count). The molecule has 2 saturated heterocycles. The Bertz CT molecular complexity index is 384. The second-order valence-corrected chi connectivity index (χ2v) is 5.86. The van der Waals surface area contributed by atoms with Gasteiger partial charge in [-0.1, -0.05) is 6.07 Å². The second kappa shape index (κ2) is 7.16. The van der Waals surface area contributed by atoms with Crippen LogP contribution >= 0.6 is 0 Å². The Balaban J connectivity index is 1.40. The summed E-state index contributed by atoms with van der Waals surface area (Å²) in [5.41, 5.74) is 1.14. The van der Waals surface area contributed by atoms with Crippen molar-refractivity contribution in [1.82, 2.24) is 15.2 Å². The number of aromatic nitrogens is 1. The fraction of sp³-hybridized carbons (Fsp3) is 0.688. The summed E-state index contributed by atoms with van der Waals surface area (Å²) in [6, 6.07) is 7.52. The van der Waals surface area contributed by atoms with Crippen LogP contribution in [-0.4, -0.2) is 48.3 Å². The topological polar surface area (TPSA) is 37.4 Å². The molecule has 4 nitrogen and oxygen atoms in total. The molecular formula is C16H25N3O. The van der Waals surface area contributed by atoms with Crippen LogP contribution in [-0.2, 0) is 11.3 Å². The number of nitrogens with one attached hydrogen (secondary N) is 1. The predicted octanol–water partition coefficient (Wildman–Crippen LogP) is 1.81. The van der Waals surface area contributed by atoms with E-state index in [1.54, 1.807) is 0 Å². The number of likely N-dealkylation sites (tertiary alicyclic amines) is 1. The van der Waals surface area contributed by atoms with Gasteiger partial charge in [-0.25, -0.2) is 0 Å². The van der Waals surface area contributed by atoms with Crippen molar-refractivity contribution in [1.29, 1.82) is 0 Å². The number of rotatable bonds is 4. The Hall–Kier alpha value is -0.970. The third-order valence-corrected chi connectivity index (χ3v) is 4.53. The molecular weight excluding hydrogens is 250 g/mol. The lowest BCUT2D eigenvalue weighted by Crippen LogP contribution is -2.48. The molecule has 0 aromatic carbocycles. The maximum atomic E-state index is 5.45. The summed E-state index contributed by atoms with van der Waals surface area (Å²) in [4.78, 5) is 7.03. The van der Waals surface area contributed by atoms with E-state index in [2.05, 4.69) is 27.3 Å². The highest BCUT2D eigenvalue weighted by atomic mass is 16.5. The van der Waals surface area contributed by atoms with E-state index < -0.39 is 0 Å². The van der Waals surface area contributed by atoms with Gasteiger partial charge in [0.1, 0.15) is 0 Å². The fourth-order valence-electron chi connectivity index (χ4n) is 3.27. The van der Waals surface area contributed by atoms with E-state index in [0.29, 0.717) is 6.04 Å². The van der Waals surface area contributed by atoms with E-state index >= 15 is 0 Å². The average molecular weight is 275 g/mol. The van der Waals surface area contributed by atoms with Gasteiger partial charge in [-0.05, 0) is 50.9 Å². The molecule has 0 atom stereocenters. The highest BCUT2D eigenvalue weighted by molar-refractivity contribution is 5.03. The first kappa shape index (κ1) is 14.0. The fourth-order valence-corrected chi connectivity index (χ4v) is 3.27. The number of piperidine rings is 1. The second-order valence-electron chi connectivity index (χ2n) is 5.86. The summed E-state index contributed by atoms with van der Waals surface area (Å²) < 4.78 is 5.45. The zero-order valence-corrected chi connectivity index (χ0v) is 12.1. The summed E-state index contributed by atoms with van der Waals surface area (Å²) in [5, 5.41) is 3.65. The van der Waals surface area contributed by atoms with Crippen molar-refractivity contribution in [3.8, 4) is 0 Å². The summed E-state index contributed by atoms with van der Waals surface area (Å²) in [5.74, 6) is 0. The van der Waals surface area contributed by atoms with Crippen LogP contribution in [0, 0.1) is 0 Å². The Labute approximate surface area is 121 Å². The monoisotopic (exact) mass is 275 g/mol. The zero-order chi connectivity index (χ0) is 13.6. The van der Waals surface area contributed by atoms with E-state index in [9.17, 15) is 0 Å². The lowest BCUT2D eigenvalue weighted by atomic mass is 9.99. The average Bonchev–Trinajstić information content (AvgIpc) is 2.55. The zero-order valence-electron chi connectivity index (χ0n) is 12.1. The van der Waals surface area contributed by atoms with Crippen molar-refractivity contribution < 1.29 is 4.74 Å². The summed E-state index contributed by atoms with van der Waals surface area (Å²) >= 11 is 0. The Morgan fingerprint density at radius 2 is 1.95 bits per heavy atom. The Morgan fingerprint density at radius 1 is 1.15 bits per heavy atom. The lowest BCUT2D eigenvalue weighted by Gasteiger charge is -2.39. The molecule has 0 aliphatic carbocycles. The normalized spacial score (nSPS) is 23.0. The van der Waals surface area contributed by atoms with Gasteiger partial charge in [-0.3, -0.25) is 4.98 Å². The highest BCUT2D eigenvalue weighted by Gasteiger charge is 2.26. The molecule has 0 unspecified atom stereocenters. The molecule has 2 fully saturated rings.